The molecule has 2 amide bonds. The van der Waals surface area contributed by atoms with Crippen molar-refractivity contribution in [2.75, 3.05) is 12.3 Å². The molecule has 162 valence electrons. The van der Waals surface area contributed by atoms with E-state index in [1.165, 1.54) is 17.8 Å². The summed E-state index contributed by atoms with van der Waals surface area (Å²) in [6.45, 7) is 8.73. The Balaban J connectivity index is 2.07. The molecule has 4 nitrogen and oxygen atoms in total. The van der Waals surface area contributed by atoms with Gasteiger partial charge in [-0.1, -0.05) is 61.9 Å². The molecule has 2 aromatic carbocycles. The Kier molecular flexibility index (Phi) is 9.37. The lowest BCUT2D eigenvalue weighted by atomic mass is 10.1. The molecule has 0 unspecified atom stereocenters. The maximum atomic E-state index is 13.8. The summed E-state index contributed by atoms with van der Waals surface area (Å²) in [5, 5.41) is 2.91. The van der Waals surface area contributed by atoms with Crippen LogP contribution in [0.4, 0.5) is 4.39 Å². The van der Waals surface area contributed by atoms with Crippen LogP contribution in [0.5, 0.6) is 0 Å². The van der Waals surface area contributed by atoms with Gasteiger partial charge in [-0.05, 0) is 37.0 Å². The molecule has 0 bridgehead atoms. The van der Waals surface area contributed by atoms with Gasteiger partial charge in [0.1, 0.15) is 11.9 Å². The number of aryl methyl sites for hydroxylation is 1. The van der Waals surface area contributed by atoms with Crippen LogP contribution in [0.15, 0.2) is 48.5 Å². The molecular weight excluding hydrogens is 399 g/mol. The van der Waals surface area contributed by atoms with Gasteiger partial charge in [-0.25, -0.2) is 4.39 Å². The van der Waals surface area contributed by atoms with Gasteiger partial charge in [0.2, 0.25) is 11.8 Å². The Morgan fingerprint density at radius 2 is 1.83 bits per heavy atom. The first-order valence-corrected chi connectivity index (χ1v) is 11.4. The fraction of sp³-hybridized carbons (Fsp3) is 0.417. The molecule has 1 N–H and O–H groups in total. The predicted octanol–water partition coefficient (Wildman–Crippen LogP) is 4.56. The van der Waals surface area contributed by atoms with Gasteiger partial charge in [-0.15, -0.1) is 11.8 Å². The fourth-order valence-corrected chi connectivity index (χ4v) is 3.89. The molecule has 0 heterocycles. The molecule has 0 aliphatic rings. The lowest BCUT2D eigenvalue weighted by molar-refractivity contribution is -0.138. The third kappa shape index (κ3) is 7.48. The molecule has 0 aromatic heterocycles. The van der Waals surface area contributed by atoms with Crippen molar-refractivity contribution in [3.05, 3.63) is 71.0 Å². The van der Waals surface area contributed by atoms with Gasteiger partial charge in [-0.2, -0.15) is 0 Å². The smallest absolute Gasteiger partial charge is 0.242 e. The van der Waals surface area contributed by atoms with Gasteiger partial charge in [0.15, 0.2) is 0 Å². The van der Waals surface area contributed by atoms with Crippen molar-refractivity contribution in [2.24, 2.45) is 5.92 Å². The third-order valence-electron chi connectivity index (χ3n) is 4.73. The van der Waals surface area contributed by atoms with E-state index in [0.717, 1.165) is 11.1 Å². The summed E-state index contributed by atoms with van der Waals surface area (Å²) in [5.74, 6) is 0.356. The van der Waals surface area contributed by atoms with E-state index in [9.17, 15) is 14.0 Å². The second kappa shape index (κ2) is 11.7. The van der Waals surface area contributed by atoms with Crippen molar-refractivity contribution < 1.29 is 14.0 Å². The van der Waals surface area contributed by atoms with E-state index in [-0.39, 0.29) is 23.4 Å². The predicted molar refractivity (Wildman–Crippen MR) is 122 cm³/mol. The minimum Gasteiger partial charge on any atom is -0.354 e. The van der Waals surface area contributed by atoms with Crippen molar-refractivity contribution in [3.8, 4) is 0 Å². The number of hydrogen-bond donors (Lipinski definition) is 1. The number of nitrogens with one attached hydrogen (secondary N) is 1. The van der Waals surface area contributed by atoms with E-state index >= 15 is 0 Å². The van der Waals surface area contributed by atoms with E-state index in [1.807, 2.05) is 45.0 Å². The molecule has 0 fully saturated rings. The number of carbonyl (C=O) groups excluding carboxylic acids is 2. The van der Waals surface area contributed by atoms with Crippen LogP contribution in [0.1, 0.15) is 37.5 Å². The van der Waals surface area contributed by atoms with Crippen molar-refractivity contribution in [1.29, 1.82) is 0 Å². The third-order valence-corrected chi connectivity index (χ3v) is 5.69. The Morgan fingerprint density at radius 3 is 2.50 bits per heavy atom. The van der Waals surface area contributed by atoms with E-state index in [1.54, 1.807) is 30.0 Å². The highest BCUT2D eigenvalue weighted by Gasteiger charge is 2.26. The molecule has 2 aromatic rings. The molecule has 0 saturated heterocycles. The highest BCUT2D eigenvalue weighted by molar-refractivity contribution is 7.99. The highest BCUT2D eigenvalue weighted by atomic mass is 32.2. The first-order valence-electron chi connectivity index (χ1n) is 10.2. The van der Waals surface area contributed by atoms with Crippen LogP contribution >= 0.6 is 11.8 Å². The standard InChI is InChI=1S/C24H31FN2O2S/c1-17(2)13-26-24(29)19(4)27(14-20-9-7-8-18(3)12-20)23(28)16-30-15-21-10-5-6-11-22(21)25/h5-12,17,19H,13-16H2,1-4H3,(H,26,29)/t19-/m1/s1. The van der Waals surface area contributed by atoms with Crippen LogP contribution in [-0.4, -0.2) is 35.1 Å². The maximum Gasteiger partial charge on any atom is 0.242 e. The fourth-order valence-electron chi connectivity index (χ4n) is 2.99. The summed E-state index contributed by atoms with van der Waals surface area (Å²) < 4.78 is 13.8. The summed E-state index contributed by atoms with van der Waals surface area (Å²) in [4.78, 5) is 27.3. The average Bonchev–Trinajstić information content (AvgIpc) is 2.71. The van der Waals surface area contributed by atoms with Gasteiger partial charge >= 0.3 is 0 Å². The minimum absolute atomic E-state index is 0.134. The molecule has 1 atom stereocenters. The second-order valence-electron chi connectivity index (χ2n) is 7.91. The number of nitrogens with zero attached hydrogens (tertiary/aromatic N) is 1. The van der Waals surface area contributed by atoms with Crippen molar-refractivity contribution in [2.45, 2.75) is 46.0 Å². The molecule has 0 aliphatic heterocycles. The summed E-state index contributed by atoms with van der Waals surface area (Å²) in [6.07, 6.45) is 0. The Morgan fingerprint density at radius 1 is 1.10 bits per heavy atom. The number of rotatable bonds is 10. The summed E-state index contributed by atoms with van der Waals surface area (Å²) in [6, 6.07) is 13.9. The zero-order valence-corrected chi connectivity index (χ0v) is 19.0. The normalized spacial score (nSPS) is 11.9. The van der Waals surface area contributed by atoms with Crippen LogP contribution in [0.3, 0.4) is 0 Å². The molecular formula is C24H31FN2O2S. The first-order chi connectivity index (χ1) is 14.3. The van der Waals surface area contributed by atoms with Crippen LogP contribution in [-0.2, 0) is 21.9 Å². The van der Waals surface area contributed by atoms with E-state index < -0.39 is 6.04 Å². The number of halogens is 1. The molecule has 6 heteroatoms. The van der Waals surface area contributed by atoms with Crippen molar-refractivity contribution >= 4 is 23.6 Å². The van der Waals surface area contributed by atoms with Crippen molar-refractivity contribution in [3.63, 3.8) is 0 Å². The largest absolute Gasteiger partial charge is 0.354 e. The number of hydrogen-bond acceptors (Lipinski definition) is 3. The monoisotopic (exact) mass is 430 g/mol. The maximum absolute atomic E-state index is 13.8. The Bertz CT molecular complexity index is 857. The van der Waals surface area contributed by atoms with Gasteiger partial charge in [0.25, 0.3) is 0 Å². The van der Waals surface area contributed by atoms with Gasteiger partial charge in [0, 0.05) is 18.8 Å². The first kappa shape index (κ1) is 23.9. The zero-order chi connectivity index (χ0) is 22.1. The van der Waals surface area contributed by atoms with Crippen LogP contribution in [0.2, 0.25) is 0 Å². The summed E-state index contributed by atoms with van der Waals surface area (Å²) in [7, 11) is 0. The topological polar surface area (TPSA) is 49.4 Å². The lowest BCUT2D eigenvalue weighted by Gasteiger charge is -2.29. The minimum atomic E-state index is -0.592. The van der Waals surface area contributed by atoms with Crippen LogP contribution in [0, 0.1) is 18.7 Å². The average molecular weight is 431 g/mol. The molecule has 2 rings (SSSR count). The quantitative estimate of drug-likeness (QED) is 0.601. The molecule has 0 aliphatic carbocycles. The molecule has 0 spiro atoms. The Hall–Kier alpha value is -2.34. The van der Waals surface area contributed by atoms with Gasteiger partial charge < -0.3 is 10.2 Å². The van der Waals surface area contributed by atoms with Crippen LogP contribution in [0.25, 0.3) is 0 Å². The van der Waals surface area contributed by atoms with Crippen LogP contribution < -0.4 is 5.32 Å². The van der Waals surface area contributed by atoms with Gasteiger partial charge in [-0.3, -0.25) is 9.59 Å². The number of amides is 2. The highest BCUT2D eigenvalue weighted by Crippen LogP contribution is 2.18. The molecule has 30 heavy (non-hydrogen) atoms. The second-order valence-corrected chi connectivity index (χ2v) is 8.90. The van der Waals surface area contributed by atoms with Crippen molar-refractivity contribution in [1.82, 2.24) is 10.2 Å². The van der Waals surface area contributed by atoms with E-state index in [4.69, 9.17) is 0 Å². The Labute approximate surface area is 183 Å². The number of thioether (sulfide) groups is 1. The lowest BCUT2D eigenvalue weighted by Crippen LogP contribution is -2.48. The van der Waals surface area contributed by atoms with E-state index in [0.29, 0.717) is 30.3 Å². The molecule has 0 radical (unpaired) electrons. The SMILES string of the molecule is Cc1cccc(CN(C(=O)CSCc2ccccc2F)[C@H](C)C(=O)NCC(C)C)c1. The number of benzene rings is 2. The summed E-state index contributed by atoms with van der Waals surface area (Å²) in [5.41, 5.74) is 2.65. The zero-order valence-electron chi connectivity index (χ0n) is 18.2. The number of carbonyl (C=O) groups is 2. The molecule has 0 saturated carbocycles. The van der Waals surface area contributed by atoms with E-state index in [2.05, 4.69) is 5.32 Å². The summed E-state index contributed by atoms with van der Waals surface area (Å²) >= 11 is 1.36. The van der Waals surface area contributed by atoms with Gasteiger partial charge in [0.05, 0.1) is 5.75 Å².